The molecule has 0 fully saturated rings. The van der Waals surface area contributed by atoms with Crippen molar-refractivity contribution in [2.24, 2.45) is 0 Å². The summed E-state index contributed by atoms with van der Waals surface area (Å²) >= 11 is 0. The highest BCUT2D eigenvalue weighted by molar-refractivity contribution is 7.88. The maximum absolute atomic E-state index is 11.0. The Bertz CT molecular complexity index is 203. The Balaban J connectivity index is 3.84. The van der Waals surface area contributed by atoms with Gasteiger partial charge in [0.2, 0.25) is 0 Å². The third kappa shape index (κ3) is 5.03. The Hall–Kier alpha value is -0.680. The van der Waals surface area contributed by atoms with Gasteiger partial charge in [-0.1, -0.05) is 13.0 Å². The van der Waals surface area contributed by atoms with Crippen molar-refractivity contribution >= 4 is 16.8 Å². The van der Waals surface area contributed by atoms with E-state index in [0.717, 1.165) is 6.42 Å². The average Bonchev–Trinajstić information content (AvgIpc) is 2.00. The molecule has 3 N–H and O–H groups in total. The van der Waals surface area contributed by atoms with E-state index in [0.29, 0.717) is 0 Å². The number of carbonyl (C=O) groups excluding carboxylic acids is 1. The monoisotopic (exact) mass is 191 g/mol. The lowest BCUT2D eigenvalue weighted by Gasteiger charge is -2.06. The van der Waals surface area contributed by atoms with E-state index >= 15 is 0 Å². The van der Waals surface area contributed by atoms with Crippen LogP contribution in [0.1, 0.15) is 13.3 Å². The molecule has 0 aliphatic carbocycles. The molecule has 0 radical (unpaired) electrons. The Morgan fingerprint density at radius 1 is 1.75 bits per heavy atom. The number of carboxylic acid groups (broad SMARTS) is 1. The molecule has 0 bridgehead atoms. The van der Waals surface area contributed by atoms with Crippen LogP contribution in [-0.4, -0.2) is 22.0 Å². The molecular weight excluding hydrogens is 178 g/mol. The van der Waals surface area contributed by atoms with E-state index in [-0.39, 0.29) is 5.75 Å². The average molecular weight is 191 g/mol. The fraction of sp³-hybridized carbons (Fsp3) is 0.571. The fourth-order valence-corrected chi connectivity index (χ4v) is 1.58. The van der Waals surface area contributed by atoms with Crippen molar-refractivity contribution < 1.29 is 19.8 Å². The smallest absolute Gasteiger partial charge is 0.136 e. The Morgan fingerprint density at radius 2 is 2.33 bits per heavy atom. The third-order valence-corrected chi connectivity index (χ3v) is 2.41. The van der Waals surface area contributed by atoms with E-state index in [4.69, 9.17) is 0 Å². The number of carboxylic acids is 1. The van der Waals surface area contributed by atoms with Crippen molar-refractivity contribution in [3.05, 3.63) is 11.5 Å². The number of hydrogen-bond donors (Lipinski definition) is 1. The predicted octanol–water partition coefficient (Wildman–Crippen LogP) is -1.98. The van der Waals surface area contributed by atoms with Crippen molar-refractivity contribution in [2.45, 2.75) is 19.4 Å². The molecule has 0 aliphatic rings. The van der Waals surface area contributed by atoms with Crippen LogP contribution in [-0.2, 0) is 15.6 Å². The molecule has 0 saturated carbocycles. The molecule has 4 nitrogen and oxygen atoms in total. The summed E-state index contributed by atoms with van der Waals surface area (Å²) in [6.07, 6.45) is 2.52. The second-order valence-electron chi connectivity index (χ2n) is 2.34. The van der Waals surface area contributed by atoms with Crippen molar-refractivity contribution in [3.63, 3.8) is 0 Å². The molecule has 0 rings (SSSR count). The highest BCUT2D eigenvalue weighted by Gasteiger charge is 2.09. The van der Waals surface area contributed by atoms with E-state index in [1.54, 1.807) is 6.08 Å². The summed E-state index contributed by atoms with van der Waals surface area (Å²) in [5, 5.41) is 11.7. The van der Waals surface area contributed by atoms with Gasteiger partial charge in [0.25, 0.3) is 0 Å². The zero-order valence-corrected chi connectivity index (χ0v) is 7.80. The molecule has 1 unspecified atom stereocenters. The zero-order valence-electron chi connectivity index (χ0n) is 6.99. The summed E-state index contributed by atoms with van der Waals surface area (Å²) in [7, 11) is -1.23. The molecule has 0 aromatic rings. The Kier molecular flexibility index (Phi) is 5.57. The van der Waals surface area contributed by atoms with Crippen molar-refractivity contribution in [1.82, 2.24) is 0 Å². The lowest BCUT2D eigenvalue weighted by molar-refractivity contribution is -0.431. The topological polar surface area (TPSA) is 84.8 Å². The number of hydrogen-bond acceptors (Lipinski definition) is 3. The van der Waals surface area contributed by atoms with Crippen LogP contribution < -0.4 is 10.8 Å². The Morgan fingerprint density at radius 3 is 2.75 bits per heavy atom. The molecule has 0 amide bonds. The van der Waals surface area contributed by atoms with Crippen LogP contribution in [0, 0.1) is 0 Å². The minimum Gasteiger partial charge on any atom is -0.544 e. The van der Waals surface area contributed by atoms with E-state index in [2.05, 4.69) is 5.73 Å². The van der Waals surface area contributed by atoms with Gasteiger partial charge < -0.3 is 15.6 Å². The second-order valence-corrected chi connectivity index (χ2v) is 3.71. The van der Waals surface area contributed by atoms with Crippen LogP contribution >= 0.6 is 0 Å². The van der Waals surface area contributed by atoms with E-state index < -0.39 is 22.8 Å². The summed E-state index contributed by atoms with van der Waals surface area (Å²) in [4.78, 5) is 10.2. The predicted molar refractivity (Wildman–Crippen MR) is 44.1 cm³/mol. The van der Waals surface area contributed by atoms with E-state index in [1.807, 2.05) is 6.92 Å². The summed E-state index contributed by atoms with van der Waals surface area (Å²) in [6, 6.07) is -0.896. The quantitative estimate of drug-likeness (QED) is 0.546. The highest BCUT2D eigenvalue weighted by Crippen LogP contribution is 1.89. The van der Waals surface area contributed by atoms with Gasteiger partial charge in [0.15, 0.2) is 0 Å². The normalized spacial score (nSPS) is 16.2. The number of aliphatic carboxylic acids is 1. The summed E-state index contributed by atoms with van der Waals surface area (Å²) in [6.45, 7) is 1.91. The molecule has 0 aromatic heterocycles. The van der Waals surface area contributed by atoms with E-state index in [9.17, 15) is 14.1 Å². The lowest BCUT2D eigenvalue weighted by Crippen LogP contribution is -2.70. The van der Waals surface area contributed by atoms with Crippen molar-refractivity contribution in [3.8, 4) is 0 Å². The maximum Gasteiger partial charge on any atom is 0.136 e. The molecule has 12 heavy (non-hydrogen) atoms. The van der Waals surface area contributed by atoms with Gasteiger partial charge in [-0.3, -0.25) is 4.21 Å². The number of rotatable bonds is 5. The first-order valence-corrected chi connectivity index (χ1v) is 5.04. The zero-order chi connectivity index (χ0) is 9.56. The van der Waals surface area contributed by atoms with Gasteiger partial charge in [-0.2, -0.15) is 0 Å². The van der Waals surface area contributed by atoms with Crippen LogP contribution in [0.5, 0.6) is 0 Å². The first kappa shape index (κ1) is 11.3. The SMILES string of the molecule is CC/C=C/S(=O)C[C@H]([NH3+])C(=O)[O-]. The molecule has 0 aromatic carbocycles. The molecule has 0 spiro atoms. The van der Waals surface area contributed by atoms with Gasteiger partial charge in [-0.05, 0) is 11.8 Å². The van der Waals surface area contributed by atoms with Crippen LogP contribution in [0.4, 0.5) is 0 Å². The first-order valence-electron chi connectivity index (χ1n) is 3.65. The van der Waals surface area contributed by atoms with Gasteiger partial charge in [0.1, 0.15) is 12.0 Å². The Labute approximate surface area is 73.9 Å². The van der Waals surface area contributed by atoms with Gasteiger partial charge in [-0.25, -0.2) is 0 Å². The van der Waals surface area contributed by atoms with Gasteiger partial charge >= 0.3 is 0 Å². The lowest BCUT2D eigenvalue weighted by atomic mass is 10.4. The van der Waals surface area contributed by atoms with Crippen molar-refractivity contribution in [1.29, 1.82) is 0 Å². The molecule has 0 heterocycles. The summed E-state index contributed by atoms with van der Waals surface area (Å²) in [5.74, 6) is -1.23. The van der Waals surface area contributed by atoms with Crippen molar-refractivity contribution in [2.75, 3.05) is 5.75 Å². The van der Waals surface area contributed by atoms with E-state index in [1.165, 1.54) is 5.41 Å². The standard InChI is InChI=1S/C7H13NO3S/c1-2-3-4-12(11)5-6(8)7(9)10/h3-4,6H,2,5,8H2,1H3,(H,9,10)/b4-3+/t6-,12?/m0/s1. The molecular formula is C7H13NO3S. The van der Waals surface area contributed by atoms with Crippen LogP contribution in [0.15, 0.2) is 11.5 Å². The minimum atomic E-state index is -1.26. The maximum atomic E-state index is 11.0. The van der Waals surface area contributed by atoms with Gasteiger partial charge in [0.05, 0.1) is 16.6 Å². The third-order valence-electron chi connectivity index (χ3n) is 1.18. The molecule has 5 heteroatoms. The van der Waals surface area contributed by atoms with Crippen LogP contribution in [0.3, 0.4) is 0 Å². The molecule has 2 atom stereocenters. The number of allylic oxidation sites excluding steroid dienone is 1. The van der Waals surface area contributed by atoms with Gasteiger partial charge in [-0.15, -0.1) is 0 Å². The summed E-state index contributed by atoms with van der Waals surface area (Å²) in [5.41, 5.74) is 3.30. The first-order chi connectivity index (χ1) is 5.57. The minimum absolute atomic E-state index is 0.0266. The number of carbonyl (C=O) groups is 1. The van der Waals surface area contributed by atoms with Crippen LogP contribution in [0.2, 0.25) is 0 Å². The largest absolute Gasteiger partial charge is 0.544 e. The number of quaternary nitrogens is 1. The molecule has 70 valence electrons. The summed E-state index contributed by atoms with van der Waals surface area (Å²) < 4.78 is 11.0. The van der Waals surface area contributed by atoms with Crippen LogP contribution in [0.25, 0.3) is 0 Å². The second kappa shape index (κ2) is 5.91. The van der Waals surface area contributed by atoms with Gasteiger partial charge in [0, 0.05) is 0 Å². The fourth-order valence-electron chi connectivity index (χ4n) is 0.525. The molecule has 0 saturated heterocycles. The molecule has 0 aliphatic heterocycles. The highest BCUT2D eigenvalue weighted by atomic mass is 32.2.